The van der Waals surface area contributed by atoms with Crippen molar-refractivity contribution in [2.75, 3.05) is 44.9 Å². The maximum atomic E-state index is 11.1. The Bertz CT molecular complexity index is 1180. The Morgan fingerprint density at radius 2 is 1.94 bits per heavy atom. The Morgan fingerprint density at radius 3 is 2.61 bits per heavy atom. The van der Waals surface area contributed by atoms with E-state index in [2.05, 4.69) is 39.2 Å². The molecule has 3 N–H and O–H groups in total. The van der Waals surface area contributed by atoms with E-state index >= 15 is 0 Å². The van der Waals surface area contributed by atoms with Crippen LogP contribution in [0.4, 0.5) is 5.82 Å². The number of amides is 1. The molecule has 3 aromatic rings. The first-order valence-corrected chi connectivity index (χ1v) is 11.8. The van der Waals surface area contributed by atoms with Gasteiger partial charge in [-0.2, -0.15) is 4.98 Å². The number of nitrogens with zero attached hydrogens (tertiary/aromatic N) is 4. The molecule has 1 amide bonds. The Morgan fingerprint density at radius 1 is 1.19 bits per heavy atom. The van der Waals surface area contributed by atoms with Gasteiger partial charge in [0.05, 0.1) is 12.1 Å². The summed E-state index contributed by atoms with van der Waals surface area (Å²) >= 11 is 6.44. The molecule has 3 rings (SSSR count). The summed E-state index contributed by atoms with van der Waals surface area (Å²) in [6, 6.07) is 7.04. The van der Waals surface area contributed by atoms with Crippen LogP contribution >= 0.6 is 11.6 Å². The maximum absolute atomic E-state index is 11.1. The molecule has 2 heterocycles. The number of hydrogen-bond acceptors (Lipinski definition) is 10. The SMILES string of the molecule is CCN(CC)c1cc(-c2nc(-c3cc(Cl)c(OCC(O)CNC(=O)CO)c(OC)c3)no2)cc(C)n1. The number of aromatic nitrogens is 3. The second kappa shape index (κ2) is 12.5. The highest BCUT2D eigenvalue weighted by molar-refractivity contribution is 6.32. The number of hydrogen-bond donors (Lipinski definition) is 3. The molecule has 11 nitrogen and oxygen atoms in total. The number of methoxy groups -OCH3 is 1. The van der Waals surface area contributed by atoms with Crippen molar-refractivity contribution in [3.8, 4) is 34.3 Å². The Kier molecular flexibility index (Phi) is 9.45. The minimum atomic E-state index is -1.02. The summed E-state index contributed by atoms with van der Waals surface area (Å²) < 4.78 is 16.6. The van der Waals surface area contributed by atoms with E-state index < -0.39 is 18.6 Å². The molecule has 0 bridgehead atoms. The number of halogens is 1. The van der Waals surface area contributed by atoms with Crippen LogP contribution in [-0.4, -0.2) is 77.3 Å². The molecular formula is C24H30ClN5O6. The fraction of sp³-hybridized carbons (Fsp3) is 0.417. The van der Waals surface area contributed by atoms with Gasteiger partial charge in [-0.15, -0.1) is 0 Å². The fourth-order valence-electron chi connectivity index (χ4n) is 3.46. The van der Waals surface area contributed by atoms with Crippen molar-refractivity contribution in [3.63, 3.8) is 0 Å². The van der Waals surface area contributed by atoms with Gasteiger partial charge in [-0.25, -0.2) is 4.98 Å². The van der Waals surface area contributed by atoms with Gasteiger partial charge in [-0.05, 0) is 45.0 Å². The highest BCUT2D eigenvalue weighted by atomic mass is 35.5. The zero-order valence-electron chi connectivity index (χ0n) is 20.6. The zero-order valence-corrected chi connectivity index (χ0v) is 21.4. The monoisotopic (exact) mass is 519 g/mol. The van der Waals surface area contributed by atoms with Gasteiger partial charge >= 0.3 is 0 Å². The van der Waals surface area contributed by atoms with Crippen LogP contribution in [0.15, 0.2) is 28.8 Å². The molecule has 0 aliphatic heterocycles. The second-order valence-corrected chi connectivity index (χ2v) is 8.27. The van der Waals surface area contributed by atoms with Crippen molar-refractivity contribution in [2.24, 2.45) is 0 Å². The summed E-state index contributed by atoms with van der Waals surface area (Å²) in [5.41, 5.74) is 2.13. The van der Waals surface area contributed by atoms with Gasteiger partial charge in [0.1, 0.15) is 25.1 Å². The van der Waals surface area contributed by atoms with Crippen LogP contribution in [0.3, 0.4) is 0 Å². The molecule has 0 saturated heterocycles. The van der Waals surface area contributed by atoms with Gasteiger partial charge in [0.2, 0.25) is 11.7 Å². The predicted molar refractivity (Wildman–Crippen MR) is 134 cm³/mol. The van der Waals surface area contributed by atoms with E-state index in [1.54, 1.807) is 12.1 Å². The summed E-state index contributed by atoms with van der Waals surface area (Å²) in [4.78, 5) is 22.4. The molecule has 194 valence electrons. The van der Waals surface area contributed by atoms with E-state index in [9.17, 15) is 9.90 Å². The minimum absolute atomic E-state index is 0.0898. The Hall–Kier alpha value is -3.41. The van der Waals surface area contributed by atoms with Crippen LogP contribution in [-0.2, 0) is 4.79 Å². The van der Waals surface area contributed by atoms with Crippen LogP contribution in [0.5, 0.6) is 11.5 Å². The van der Waals surface area contributed by atoms with Gasteiger partial charge < -0.3 is 34.4 Å². The van der Waals surface area contributed by atoms with Crippen molar-refractivity contribution >= 4 is 23.3 Å². The van der Waals surface area contributed by atoms with Gasteiger partial charge in [0, 0.05) is 36.5 Å². The number of benzene rings is 1. The molecule has 0 saturated carbocycles. The van der Waals surface area contributed by atoms with Crippen molar-refractivity contribution in [3.05, 3.63) is 35.0 Å². The van der Waals surface area contributed by atoms with E-state index in [-0.39, 0.29) is 23.9 Å². The number of anilines is 1. The topological polar surface area (TPSA) is 143 Å². The highest BCUT2D eigenvalue weighted by Gasteiger charge is 2.19. The predicted octanol–water partition coefficient (Wildman–Crippen LogP) is 2.46. The molecule has 12 heteroatoms. The third-order valence-corrected chi connectivity index (χ3v) is 5.57. The highest BCUT2D eigenvalue weighted by Crippen LogP contribution is 2.39. The van der Waals surface area contributed by atoms with Gasteiger partial charge in [-0.1, -0.05) is 16.8 Å². The molecule has 0 spiro atoms. The lowest BCUT2D eigenvalue weighted by Gasteiger charge is -2.20. The first kappa shape index (κ1) is 27.2. The lowest BCUT2D eigenvalue weighted by Crippen LogP contribution is -2.36. The zero-order chi connectivity index (χ0) is 26.2. The molecule has 36 heavy (non-hydrogen) atoms. The lowest BCUT2D eigenvalue weighted by molar-refractivity contribution is -0.124. The van der Waals surface area contributed by atoms with Crippen molar-refractivity contribution in [2.45, 2.75) is 26.9 Å². The van der Waals surface area contributed by atoms with Crippen molar-refractivity contribution in [1.82, 2.24) is 20.4 Å². The third-order valence-electron chi connectivity index (χ3n) is 5.29. The summed E-state index contributed by atoms with van der Waals surface area (Å²) in [6.07, 6.45) is -1.02. The maximum Gasteiger partial charge on any atom is 0.258 e. The van der Waals surface area contributed by atoms with Crippen LogP contribution < -0.4 is 19.7 Å². The molecule has 2 aromatic heterocycles. The Labute approximate surface area is 214 Å². The number of carbonyl (C=O) groups excluding carboxylic acids is 1. The summed E-state index contributed by atoms with van der Waals surface area (Å²) in [5.74, 6) is 1.40. The summed E-state index contributed by atoms with van der Waals surface area (Å²) in [5, 5.41) is 25.4. The molecular weight excluding hydrogens is 490 g/mol. The number of carbonyl (C=O) groups is 1. The number of rotatable bonds is 12. The molecule has 1 unspecified atom stereocenters. The second-order valence-electron chi connectivity index (χ2n) is 7.87. The lowest BCUT2D eigenvalue weighted by atomic mass is 10.2. The molecule has 0 fully saturated rings. The van der Waals surface area contributed by atoms with Crippen molar-refractivity contribution < 1.29 is 29.0 Å². The summed E-state index contributed by atoms with van der Waals surface area (Å²) in [6.45, 7) is 6.78. The Balaban J connectivity index is 1.81. The normalized spacial score (nSPS) is 11.8. The van der Waals surface area contributed by atoms with Gasteiger partial charge in [0.15, 0.2) is 11.5 Å². The number of pyridine rings is 1. The van der Waals surface area contributed by atoms with E-state index in [0.29, 0.717) is 23.0 Å². The molecule has 1 aromatic carbocycles. The van der Waals surface area contributed by atoms with Crippen LogP contribution in [0, 0.1) is 6.92 Å². The van der Waals surface area contributed by atoms with E-state index in [0.717, 1.165) is 30.2 Å². The van der Waals surface area contributed by atoms with Crippen LogP contribution in [0.2, 0.25) is 5.02 Å². The quantitative estimate of drug-likeness (QED) is 0.326. The minimum Gasteiger partial charge on any atom is -0.493 e. The van der Waals surface area contributed by atoms with E-state index in [4.69, 9.17) is 30.7 Å². The number of aryl methyl sites for hydroxylation is 1. The van der Waals surface area contributed by atoms with Crippen LogP contribution in [0.25, 0.3) is 22.8 Å². The number of nitrogens with one attached hydrogen (secondary N) is 1. The average molecular weight is 520 g/mol. The summed E-state index contributed by atoms with van der Waals surface area (Å²) in [7, 11) is 1.45. The number of aliphatic hydroxyl groups excluding tert-OH is 2. The largest absolute Gasteiger partial charge is 0.493 e. The standard InChI is InChI=1S/C24H30ClN5O6/c1-5-30(6-2)20-10-16(7-14(3)27-20)24-28-23(29-36-24)15-8-18(25)22(19(9-15)34-4)35-13-17(32)11-26-21(33)12-31/h7-10,17,31-32H,5-6,11-13H2,1-4H3,(H,26,33). The number of aliphatic hydroxyl groups is 2. The molecule has 0 radical (unpaired) electrons. The van der Waals surface area contributed by atoms with Crippen molar-refractivity contribution in [1.29, 1.82) is 0 Å². The van der Waals surface area contributed by atoms with Gasteiger partial charge in [-0.3, -0.25) is 4.79 Å². The first-order chi connectivity index (χ1) is 17.3. The number of ether oxygens (including phenoxy) is 2. The van der Waals surface area contributed by atoms with E-state index in [1.807, 2.05) is 19.1 Å². The fourth-order valence-corrected chi connectivity index (χ4v) is 3.72. The smallest absolute Gasteiger partial charge is 0.258 e. The van der Waals surface area contributed by atoms with E-state index in [1.165, 1.54) is 7.11 Å². The van der Waals surface area contributed by atoms with Crippen LogP contribution in [0.1, 0.15) is 19.5 Å². The third kappa shape index (κ3) is 6.62. The first-order valence-electron chi connectivity index (χ1n) is 11.4. The average Bonchev–Trinajstić information content (AvgIpc) is 3.37. The molecule has 1 atom stereocenters. The molecule has 0 aliphatic rings. The van der Waals surface area contributed by atoms with Gasteiger partial charge in [0.25, 0.3) is 5.89 Å². The molecule has 0 aliphatic carbocycles.